The van der Waals surface area contributed by atoms with Gasteiger partial charge in [0.05, 0.1) is 98.7 Å². The number of nitrogens with zero attached hydrogens (tertiary/aromatic N) is 1. The van der Waals surface area contributed by atoms with Crippen molar-refractivity contribution in [2.45, 2.75) is 58.5 Å². The first-order valence-electron chi connectivity index (χ1n) is 22.1. The molecule has 358 valence electrons. The van der Waals surface area contributed by atoms with E-state index in [1.54, 1.807) is 0 Å². The maximum atomic E-state index is 13.2. The van der Waals surface area contributed by atoms with Crippen LogP contribution in [0.25, 0.3) is 11.1 Å². The van der Waals surface area contributed by atoms with Crippen LogP contribution in [0, 0.1) is 0 Å². The fraction of sp³-hybridized carbons (Fsp3) is 0.630. The summed E-state index contributed by atoms with van der Waals surface area (Å²) in [6.45, 7) is 11.9. The van der Waals surface area contributed by atoms with Crippen LogP contribution >= 0.6 is 0 Å². The van der Waals surface area contributed by atoms with Crippen molar-refractivity contribution >= 4 is 29.8 Å². The normalized spacial score (nSPS) is 12.0. The number of carbonyl (C=O) groups is 5. The first kappa shape index (κ1) is 53.6. The third-order valence-corrected chi connectivity index (χ3v) is 9.19. The van der Waals surface area contributed by atoms with Crippen LogP contribution in [0.15, 0.2) is 48.5 Å². The van der Waals surface area contributed by atoms with E-state index in [1.165, 1.54) is 0 Å². The lowest BCUT2D eigenvalue weighted by Gasteiger charge is -2.22. The van der Waals surface area contributed by atoms with Gasteiger partial charge < -0.3 is 63.5 Å². The first-order chi connectivity index (χ1) is 31.0. The molecule has 3 N–H and O–H groups in total. The Balaban J connectivity index is 1.31. The van der Waals surface area contributed by atoms with Gasteiger partial charge in [-0.1, -0.05) is 55.5 Å². The second-order valence-electron chi connectivity index (χ2n) is 15.6. The zero-order chi connectivity index (χ0) is 46.3. The SMILES string of the molecule is CCCOCCOCCOCCNC(=O)CN(CC(=O)NCCOCCOCCOCCC(=O)OC(C)(C)C)C(=O)CCOCCNC(=O)OCC1c2ccccc2-c2ccccc21. The van der Waals surface area contributed by atoms with Gasteiger partial charge in [0.25, 0.3) is 0 Å². The summed E-state index contributed by atoms with van der Waals surface area (Å²) < 4.78 is 49.0. The van der Waals surface area contributed by atoms with Gasteiger partial charge in [-0.2, -0.15) is 0 Å². The van der Waals surface area contributed by atoms with Gasteiger partial charge >= 0.3 is 12.1 Å². The van der Waals surface area contributed by atoms with Crippen molar-refractivity contribution in [2.75, 3.05) is 132 Å². The van der Waals surface area contributed by atoms with Crippen molar-refractivity contribution in [3.8, 4) is 11.1 Å². The van der Waals surface area contributed by atoms with E-state index in [-0.39, 0.29) is 104 Å². The molecule has 3 rings (SSSR count). The van der Waals surface area contributed by atoms with Crippen LogP contribution in [-0.4, -0.2) is 172 Å². The Morgan fingerprint density at radius 3 is 1.47 bits per heavy atom. The summed E-state index contributed by atoms with van der Waals surface area (Å²) in [5.74, 6) is -1.78. The van der Waals surface area contributed by atoms with Crippen LogP contribution in [0.2, 0.25) is 0 Å². The predicted molar refractivity (Wildman–Crippen MR) is 237 cm³/mol. The van der Waals surface area contributed by atoms with Gasteiger partial charge in [0.1, 0.15) is 25.3 Å². The summed E-state index contributed by atoms with van der Waals surface area (Å²) in [6, 6.07) is 16.2. The molecule has 1 aliphatic rings. The molecule has 0 aromatic heterocycles. The van der Waals surface area contributed by atoms with Crippen molar-refractivity contribution in [2.24, 2.45) is 0 Å². The quantitative estimate of drug-likeness (QED) is 0.0671. The van der Waals surface area contributed by atoms with E-state index in [0.717, 1.165) is 33.6 Å². The summed E-state index contributed by atoms with van der Waals surface area (Å²) in [5.41, 5.74) is 3.97. The third kappa shape index (κ3) is 23.3. The van der Waals surface area contributed by atoms with Crippen LogP contribution in [-0.2, 0) is 61.8 Å². The number of hydrogen-bond donors (Lipinski definition) is 3. The average Bonchev–Trinajstić information content (AvgIpc) is 3.58. The maximum Gasteiger partial charge on any atom is 0.407 e. The number of fused-ring (bicyclic) bond motifs is 3. The Labute approximate surface area is 377 Å². The number of nitrogens with one attached hydrogen (secondary N) is 3. The number of ether oxygens (including phenoxy) is 9. The molecule has 2 aromatic carbocycles. The highest BCUT2D eigenvalue weighted by Crippen LogP contribution is 2.44. The number of carbonyl (C=O) groups excluding carboxylic acids is 5. The van der Waals surface area contributed by atoms with Gasteiger partial charge in [-0.15, -0.1) is 0 Å². The minimum Gasteiger partial charge on any atom is -0.460 e. The van der Waals surface area contributed by atoms with Crippen LogP contribution in [0.1, 0.15) is 64.0 Å². The fourth-order valence-corrected chi connectivity index (χ4v) is 6.29. The molecule has 0 aliphatic heterocycles. The molecule has 18 heteroatoms. The molecule has 0 fully saturated rings. The van der Waals surface area contributed by atoms with Gasteiger partial charge in [0.2, 0.25) is 17.7 Å². The molecule has 0 heterocycles. The molecule has 0 saturated carbocycles. The highest BCUT2D eigenvalue weighted by molar-refractivity contribution is 5.89. The number of hydrogen-bond acceptors (Lipinski definition) is 14. The van der Waals surface area contributed by atoms with E-state index in [2.05, 4.69) is 28.1 Å². The highest BCUT2D eigenvalue weighted by atomic mass is 16.6. The van der Waals surface area contributed by atoms with E-state index in [4.69, 9.17) is 42.6 Å². The zero-order valence-corrected chi connectivity index (χ0v) is 38.1. The second-order valence-corrected chi connectivity index (χ2v) is 15.6. The number of benzene rings is 2. The molecule has 2 aromatic rings. The Kier molecular flexibility index (Phi) is 26.9. The first-order valence-corrected chi connectivity index (χ1v) is 22.1. The number of alkyl carbamates (subject to hydrolysis) is 1. The molecule has 1 aliphatic carbocycles. The molecule has 64 heavy (non-hydrogen) atoms. The number of rotatable bonds is 35. The topological polar surface area (TPSA) is 208 Å². The molecule has 0 unspecified atom stereocenters. The monoisotopic (exact) mass is 902 g/mol. The number of amides is 4. The molecular formula is C46H70N4O14. The minimum atomic E-state index is -0.578. The zero-order valence-electron chi connectivity index (χ0n) is 38.1. The van der Waals surface area contributed by atoms with Crippen LogP contribution in [0.3, 0.4) is 0 Å². The lowest BCUT2D eigenvalue weighted by Crippen LogP contribution is -2.46. The molecule has 0 spiro atoms. The summed E-state index contributed by atoms with van der Waals surface area (Å²) in [4.78, 5) is 64.2. The predicted octanol–water partition coefficient (Wildman–Crippen LogP) is 3.23. The van der Waals surface area contributed by atoms with E-state index in [9.17, 15) is 24.0 Å². The summed E-state index contributed by atoms with van der Waals surface area (Å²) in [7, 11) is 0. The van der Waals surface area contributed by atoms with Gasteiger partial charge in [-0.3, -0.25) is 19.2 Å². The van der Waals surface area contributed by atoms with E-state index in [0.29, 0.717) is 52.9 Å². The smallest absolute Gasteiger partial charge is 0.407 e. The lowest BCUT2D eigenvalue weighted by molar-refractivity contribution is -0.156. The van der Waals surface area contributed by atoms with Crippen LogP contribution in [0.5, 0.6) is 0 Å². The van der Waals surface area contributed by atoms with Crippen LogP contribution in [0.4, 0.5) is 4.79 Å². The van der Waals surface area contributed by atoms with Crippen molar-refractivity contribution in [3.63, 3.8) is 0 Å². The Morgan fingerprint density at radius 1 is 0.547 bits per heavy atom. The Bertz CT molecular complexity index is 1630. The lowest BCUT2D eigenvalue weighted by atomic mass is 9.98. The van der Waals surface area contributed by atoms with Crippen molar-refractivity contribution < 1.29 is 66.6 Å². The Morgan fingerprint density at radius 2 is 0.969 bits per heavy atom. The summed E-state index contributed by atoms with van der Waals surface area (Å²) in [6.07, 6.45) is 0.430. The molecule has 0 saturated heterocycles. The maximum absolute atomic E-state index is 13.2. The fourth-order valence-electron chi connectivity index (χ4n) is 6.29. The van der Waals surface area contributed by atoms with E-state index in [1.807, 2.05) is 64.1 Å². The molecule has 0 radical (unpaired) electrons. The second kappa shape index (κ2) is 32.0. The largest absolute Gasteiger partial charge is 0.460 e. The van der Waals surface area contributed by atoms with Crippen molar-refractivity contribution in [1.82, 2.24) is 20.9 Å². The molecule has 0 bridgehead atoms. The molecule has 18 nitrogen and oxygen atoms in total. The van der Waals surface area contributed by atoms with E-state index >= 15 is 0 Å². The number of esters is 1. The van der Waals surface area contributed by atoms with Crippen LogP contribution < -0.4 is 16.0 Å². The van der Waals surface area contributed by atoms with Gasteiger partial charge in [-0.25, -0.2) is 4.79 Å². The summed E-state index contributed by atoms with van der Waals surface area (Å²) in [5, 5.41) is 8.09. The molecule has 4 amide bonds. The minimum absolute atomic E-state index is 0.000298. The van der Waals surface area contributed by atoms with Gasteiger partial charge in [0.15, 0.2) is 0 Å². The average molecular weight is 903 g/mol. The highest BCUT2D eigenvalue weighted by Gasteiger charge is 2.29. The van der Waals surface area contributed by atoms with Crippen molar-refractivity contribution in [1.29, 1.82) is 0 Å². The van der Waals surface area contributed by atoms with Crippen molar-refractivity contribution in [3.05, 3.63) is 59.7 Å². The molecular weight excluding hydrogens is 833 g/mol. The third-order valence-electron chi connectivity index (χ3n) is 9.19. The summed E-state index contributed by atoms with van der Waals surface area (Å²) >= 11 is 0. The standard InChI is InChI=1S/C46H70N4O14/c1-5-19-56-25-29-61-31-27-59-22-16-47-41(51)33-50(34-42(52)48-17-23-60-28-32-62-30-26-58-21-15-44(54)64-46(2,3)4)43(53)14-20-57-24-18-49-45(55)63-35-40-38-12-8-6-10-36(38)37-11-7-9-13-39(37)40/h6-13,40H,5,14-35H2,1-4H3,(H,47,51)(H,48,52)(H,49,55). The Hall–Kier alpha value is -4.69. The van der Waals surface area contributed by atoms with Gasteiger partial charge in [0, 0.05) is 32.2 Å². The van der Waals surface area contributed by atoms with Gasteiger partial charge in [-0.05, 0) is 49.4 Å². The molecule has 0 atom stereocenters. The van der Waals surface area contributed by atoms with E-state index < -0.39 is 29.4 Å².